The molecule has 0 saturated carbocycles. The van der Waals surface area contributed by atoms with E-state index in [9.17, 15) is 9.59 Å². The Morgan fingerprint density at radius 1 is 1.14 bits per heavy atom. The molecule has 0 aliphatic rings. The third-order valence-corrected chi connectivity index (χ3v) is 3.78. The standard InChI is InChI=1S/C17H25NO3/c1-3-5-8-13(4-2)11-12-18-16(19)14-9-6-7-10-15(14)17(20)21/h6-7,9-10,13H,3-5,8,11-12H2,1-2H3,(H,18,19)(H,20,21). The highest BCUT2D eigenvalue weighted by Crippen LogP contribution is 2.16. The Morgan fingerprint density at radius 3 is 2.38 bits per heavy atom. The number of unbranched alkanes of at least 4 members (excludes halogenated alkanes) is 1. The van der Waals surface area contributed by atoms with Crippen LogP contribution in [-0.2, 0) is 0 Å². The number of aromatic carboxylic acids is 1. The molecule has 0 fully saturated rings. The Balaban J connectivity index is 2.52. The van der Waals surface area contributed by atoms with E-state index in [1.165, 1.54) is 25.3 Å². The van der Waals surface area contributed by atoms with Gasteiger partial charge in [-0.25, -0.2) is 4.79 Å². The van der Waals surface area contributed by atoms with Crippen LogP contribution in [0.1, 0.15) is 66.7 Å². The zero-order valence-electron chi connectivity index (χ0n) is 12.9. The van der Waals surface area contributed by atoms with Gasteiger partial charge in [-0.05, 0) is 24.5 Å². The van der Waals surface area contributed by atoms with Gasteiger partial charge in [-0.15, -0.1) is 0 Å². The molecule has 4 heteroatoms. The highest BCUT2D eigenvalue weighted by Gasteiger charge is 2.15. The van der Waals surface area contributed by atoms with Crippen LogP contribution in [0.2, 0.25) is 0 Å². The SMILES string of the molecule is CCCCC(CC)CCNC(=O)c1ccccc1C(=O)O. The number of carboxylic acids is 1. The Kier molecular flexibility index (Phi) is 7.51. The van der Waals surface area contributed by atoms with Crippen LogP contribution in [0, 0.1) is 5.92 Å². The summed E-state index contributed by atoms with van der Waals surface area (Å²) < 4.78 is 0. The summed E-state index contributed by atoms with van der Waals surface area (Å²) in [6.07, 6.45) is 5.65. The van der Waals surface area contributed by atoms with Gasteiger partial charge in [-0.1, -0.05) is 51.7 Å². The summed E-state index contributed by atoms with van der Waals surface area (Å²) in [7, 11) is 0. The van der Waals surface area contributed by atoms with Crippen molar-refractivity contribution in [2.75, 3.05) is 6.54 Å². The highest BCUT2D eigenvalue weighted by atomic mass is 16.4. The normalized spacial score (nSPS) is 11.9. The van der Waals surface area contributed by atoms with Crippen molar-refractivity contribution in [2.45, 2.75) is 46.0 Å². The molecule has 0 radical (unpaired) electrons. The molecular formula is C17H25NO3. The second-order valence-electron chi connectivity index (χ2n) is 5.31. The summed E-state index contributed by atoms with van der Waals surface area (Å²) in [5.41, 5.74) is 0.277. The van der Waals surface area contributed by atoms with Gasteiger partial charge in [-0.3, -0.25) is 4.79 Å². The van der Waals surface area contributed by atoms with Crippen molar-refractivity contribution in [1.29, 1.82) is 0 Å². The summed E-state index contributed by atoms with van der Waals surface area (Å²) in [5.74, 6) is -0.756. The molecule has 2 N–H and O–H groups in total. The minimum absolute atomic E-state index is 0.0491. The fourth-order valence-corrected chi connectivity index (χ4v) is 2.40. The molecule has 0 aromatic heterocycles. The molecule has 0 aliphatic carbocycles. The van der Waals surface area contributed by atoms with E-state index in [4.69, 9.17) is 5.11 Å². The fourth-order valence-electron chi connectivity index (χ4n) is 2.40. The van der Waals surface area contributed by atoms with Gasteiger partial charge in [0, 0.05) is 6.54 Å². The average molecular weight is 291 g/mol. The third-order valence-electron chi connectivity index (χ3n) is 3.78. The van der Waals surface area contributed by atoms with Crippen molar-refractivity contribution in [3.8, 4) is 0 Å². The van der Waals surface area contributed by atoms with E-state index >= 15 is 0 Å². The molecule has 1 rings (SSSR count). The van der Waals surface area contributed by atoms with E-state index in [1.54, 1.807) is 18.2 Å². The lowest BCUT2D eigenvalue weighted by Gasteiger charge is -2.15. The Hall–Kier alpha value is -1.84. The summed E-state index contributed by atoms with van der Waals surface area (Å²) in [5, 5.41) is 11.9. The van der Waals surface area contributed by atoms with Crippen LogP contribution in [0.4, 0.5) is 0 Å². The van der Waals surface area contributed by atoms with Crippen LogP contribution >= 0.6 is 0 Å². The summed E-state index contributed by atoms with van der Waals surface area (Å²) in [4.78, 5) is 23.2. The van der Waals surface area contributed by atoms with Crippen molar-refractivity contribution < 1.29 is 14.7 Å². The molecule has 1 aromatic rings. The van der Waals surface area contributed by atoms with E-state index in [0.717, 1.165) is 12.8 Å². The maximum absolute atomic E-state index is 12.1. The molecule has 0 aliphatic heterocycles. The number of amides is 1. The topological polar surface area (TPSA) is 66.4 Å². The van der Waals surface area contributed by atoms with Crippen molar-refractivity contribution in [3.05, 3.63) is 35.4 Å². The van der Waals surface area contributed by atoms with Gasteiger partial charge < -0.3 is 10.4 Å². The molecule has 21 heavy (non-hydrogen) atoms. The molecule has 0 spiro atoms. The number of carbonyl (C=O) groups is 2. The molecule has 4 nitrogen and oxygen atoms in total. The first-order valence-corrected chi connectivity index (χ1v) is 7.70. The van der Waals surface area contributed by atoms with Gasteiger partial charge in [0.1, 0.15) is 0 Å². The smallest absolute Gasteiger partial charge is 0.336 e. The van der Waals surface area contributed by atoms with Gasteiger partial charge in [0.2, 0.25) is 0 Å². The van der Waals surface area contributed by atoms with Crippen LogP contribution in [0.5, 0.6) is 0 Å². The second kappa shape index (κ2) is 9.16. The van der Waals surface area contributed by atoms with Crippen LogP contribution in [0.25, 0.3) is 0 Å². The quantitative estimate of drug-likeness (QED) is 0.728. The van der Waals surface area contributed by atoms with Crippen LogP contribution in [0.15, 0.2) is 24.3 Å². The van der Waals surface area contributed by atoms with E-state index in [1.807, 2.05) is 0 Å². The lowest BCUT2D eigenvalue weighted by atomic mass is 9.96. The van der Waals surface area contributed by atoms with Crippen LogP contribution in [-0.4, -0.2) is 23.5 Å². The summed E-state index contributed by atoms with van der Waals surface area (Å²) in [6, 6.07) is 6.30. The van der Waals surface area contributed by atoms with Crippen molar-refractivity contribution in [1.82, 2.24) is 5.32 Å². The fraction of sp³-hybridized carbons (Fsp3) is 0.529. The van der Waals surface area contributed by atoms with Crippen molar-refractivity contribution in [2.24, 2.45) is 5.92 Å². The third kappa shape index (κ3) is 5.58. The van der Waals surface area contributed by atoms with Crippen LogP contribution in [0.3, 0.4) is 0 Å². The zero-order chi connectivity index (χ0) is 15.7. The molecule has 1 amide bonds. The van der Waals surface area contributed by atoms with E-state index in [0.29, 0.717) is 12.5 Å². The maximum atomic E-state index is 12.1. The zero-order valence-corrected chi connectivity index (χ0v) is 12.9. The highest BCUT2D eigenvalue weighted by molar-refractivity contribution is 6.04. The van der Waals surface area contributed by atoms with E-state index in [-0.39, 0.29) is 17.0 Å². The number of hydrogen-bond donors (Lipinski definition) is 2. The molecule has 1 unspecified atom stereocenters. The first-order valence-electron chi connectivity index (χ1n) is 7.70. The van der Waals surface area contributed by atoms with E-state index in [2.05, 4.69) is 19.2 Å². The predicted octanol–water partition coefficient (Wildman–Crippen LogP) is 3.72. The van der Waals surface area contributed by atoms with E-state index < -0.39 is 5.97 Å². The number of carbonyl (C=O) groups excluding carboxylic acids is 1. The van der Waals surface area contributed by atoms with Gasteiger partial charge in [0.15, 0.2) is 0 Å². The molecule has 1 aromatic carbocycles. The number of carboxylic acid groups (broad SMARTS) is 1. The number of benzene rings is 1. The Labute approximate surface area is 126 Å². The average Bonchev–Trinajstić information content (AvgIpc) is 2.50. The lowest BCUT2D eigenvalue weighted by molar-refractivity contribution is 0.0691. The first-order chi connectivity index (χ1) is 10.1. The number of rotatable bonds is 9. The Bertz CT molecular complexity index is 471. The molecule has 0 saturated heterocycles. The first kappa shape index (κ1) is 17.2. The molecule has 0 bridgehead atoms. The molecule has 1 atom stereocenters. The van der Waals surface area contributed by atoms with Crippen molar-refractivity contribution in [3.63, 3.8) is 0 Å². The molecular weight excluding hydrogens is 266 g/mol. The number of nitrogens with one attached hydrogen (secondary N) is 1. The van der Waals surface area contributed by atoms with Gasteiger partial charge in [0.05, 0.1) is 11.1 Å². The largest absolute Gasteiger partial charge is 0.478 e. The lowest BCUT2D eigenvalue weighted by Crippen LogP contribution is -2.27. The minimum Gasteiger partial charge on any atom is -0.478 e. The minimum atomic E-state index is -1.07. The van der Waals surface area contributed by atoms with Crippen LogP contribution < -0.4 is 5.32 Å². The summed E-state index contributed by atoms with van der Waals surface area (Å²) in [6.45, 7) is 4.94. The number of hydrogen-bond acceptors (Lipinski definition) is 2. The Morgan fingerprint density at radius 2 is 1.81 bits per heavy atom. The van der Waals surface area contributed by atoms with Gasteiger partial charge >= 0.3 is 5.97 Å². The van der Waals surface area contributed by atoms with Gasteiger partial charge in [-0.2, -0.15) is 0 Å². The van der Waals surface area contributed by atoms with Crippen molar-refractivity contribution >= 4 is 11.9 Å². The van der Waals surface area contributed by atoms with Gasteiger partial charge in [0.25, 0.3) is 5.91 Å². The molecule has 116 valence electrons. The summed E-state index contributed by atoms with van der Waals surface area (Å²) >= 11 is 0. The second-order valence-corrected chi connectivity index (χ2v) is 5.31. The monoisotopic (exact) mass is 291 g/mol. The molecule has 0 heterocycles. The predicted molar refractivity (Wildman–Crippen MR) is 83.7 cm³/mol. The maximum Gasteiger partial charge on any atom is 0.336 e.